The monoisotopic (exact) mass is 409 g/mol. The van der Waals surface area contributed by atoms with Gasteiger partial charge < -0.3 is 5.32 Å². The van der Waals surface area contributed by atoms with Crippen LogP contribution in [0, 0.1) is 12.7 Å². The summed E-state index contributed by atoms with van der Waals surface area (Å²) in [7, 11) is 0. The lowest BCUT2D eigenvalue weighted by atomic mass is 10.1. The van der Waals surface area contributed by atoms with Gasteiger partial charge in [-0.1, -0.05) is 29.3 Å². The Morgan fingerprint density at radius 2 is 2.04 bits per heavy atom. The molecule has 0 saturated carbocycles. The topological polar surface area (TPSA) is 64.7 Å². The number of carbonyl (C=O) groups is 1. The molecule has 0 spiro atoms. The van der Waals surface area contributed by atoms with Crippen molar-refractivity contribution >= 4 is 34.9 Å². The van der Waals surface area contributed by atoms with Crippen molar-refractivity contribution in [2.45, 2.75) is 32.9 Å². The van der Waals surface area contributed by atoms with Crippen molar-refractivity contribution in [2.75, 3.05) is 5.32 Å². The Hall–Kier alpha value is -2.38. The molecule has 1 amide bonds. The summed E-state index contributed by atoms with van der Waals surface area (Å²) >= 11 is 12.0. The predicted molar refractivity (Wildman–Crippen MR) is 103 cm³/mol. The highest BCUT2D eigenvalue weighted by molar-refractivity contribution is 6.31. The summed E-state index contributed by atoms with van der Waals surface area (Å²) in [5, 5.41) is 12.1. The molecule has 9 heteroatoms. The van der Waals surface area contributed by atoms with Gasteiger partial charge in [-0.05, 0) is 38.5 Å². The average molecular weight is 410 g/mol. The van der Waals surface area contributed by atoms with Crippen LogP contribution in [0.25, 0.3) is 0 Å². The third kappa shape index (κ3) is 4.14. The largest absolute Gasteiger partial charge is 0.307 e. The first-order valence-electron chi connectivity index (χ1n) is 8.17. The Morgan fingerprint density at radius 3 is 2.67 bits per heavy atom. The molecule has 6 nitrogen and oxygen atoms in total. The van der Waals surface area contributed by atoms with Crippen molar-refractivity contribution in [1.82, 2.24) is 19.6 Å². The third-order valence-electron chi connectivity index (χ3n) is 4.24. The number of carbonyl (C=O) groups excluding carboxylic acids is 1. The molecule has 3 aromatic rings. The lowest BCUT2D eigenvalue weighted by molar-refractivity contribution is -0.123. The molecule has 3 rings (SSSR count). The van der Waals surface area contributed by atoms with Crippen molar-refractivity contribution in [1.29, 1.82) is 0 Å². The van der Waals surface area contributed by atoms with Gasteiger partial charge in [-0.15, -0.1) is 0 Å². The number of amides is 1. The zero-order valence-corrected chi connectivity index (χ0v) is 16.5. The highest BCUT2D eigenvalue weighted by Gasteiger charge is 2.31. The summed E-state index contributed by atoms with van der Waals surface area (Å²) < 4.78 is 16.4. The van der Waals surface area contributed by atoms with E-state index in [-0.39, 0.29) is 5.91 Å². The van der Waals surface area contributed by atoms with E-state index >= 15 is 0 Å². The van der Waals surface area contributed by atoms with Crippen LogP contribution < -0.4 is 5.32 Å². The number of halogens is 3. The van der Waals surface area contributed by atoms with Crippen molar-refractivity contribution in [2.24, 2.45) is 0 Å². The normalized spacial score (nSPS) is 11.6. The van der Waals surface area contributed by atoms with E-state index < -0.39 is 11.4 Å². The van der Waals surface area contributed by atoms with Crippen LogP contribution in [0.15, 0.2) is 36.7 Å². The number of rotatable bonds is 5. The molecule has 0 aliphatic carbocycles. The maximum Gasteiger partial charge on any atom is 0.252 e. The van der Waals surface area contributed by atoms with Crippen molar-refractivity contribution in [3.8, 4) is 0 Å². The number of nitrogens with zero attached hydrogens (tertiary/aromatic N) is 4. The van der Waals surface area contributed by atoms with Crippen molar-refractivity contribution in [3.05, 3.63) is 63.8 Å². The SMILES string of the molecule is Cc1cc(NC(=O)C(C)(C)n2cc(Cl)cn2)nn1Cc1ccc(F)cc1Cl. The Kier molecular flexibility index (Phi) is 5.26. The second kappa shape index (κ2) is 7.32. The van der Waals surface area contributed by atoms with Crippen LogP contribution in [0.5, 0.6) is 0 Å². The van der Waals surface area contributed by atoms with Gasteiger partial charge in [0.15, 0.2) is 5.82 Å². The number of aryl methyl sites for hydroxylation is 1. The van der Waals surface area contributed by atoms with E-state index in [1.807, 2.05) is 6.92 Å². The Morgan fingerprint density at radius 1 is 1.30 bits per heavy atom. The van der Waals surface area contributed by atoms with Crippen LogP contribution in [0.2, 0.25) is 10.0 Å². The Balaban J connectivity index is 1.77. The van der Waals surface area contributed by atoms with E-state index in [4.69, 9.17) is 23.2 Å². The molecule has 2 aromatic heterocycles. The van der Waals surface area contributed by atoms with Crippen molar-refractivity contribution in [3.63, 3.8) is 0 Å². The van der Waals surface area contributed by atoms with Gasteiger partial charge in [-0.3, -0.25) is 14.2 Å². The molecule has 0 fully saturated rings. The number of aromatic nitrogens is 4. The number of hydrogen-bond donors (Lipinski definition) is 1. The molecule has 0 aliphatic heterocycles. The molecular weight excluding hydrogens is 392 g/mol. The second-order valence-corrected chi connectivity index (χ2v) is 7.52. The minimum absolute atomic E-state index is 0.285. The lowest BCUT2D eigenvalue weighted by Gasteiger charge is -2.23. The highest BCUT2D eigenvalue weighted by atomic mass is 35.5. The van der Waals surface area contributed by atoms with Gasteiger partial charge in [0.05, 0.1) is 17.8 Å². The molecule has 0 unspecified atom stereocenters. The smallest absolute Gasteiger partial charge is 0.252 e. The second-order valence-electron chi connectivity index (χ2n) is 6.68. The fourth-order valence-electron chi connectivity index (χ4n) is 2.52. The number of nitrogens with one attached hydrogen (secondary N) is 1. The molecule has 27 heavy (non-hydrogen) atoms. The summed E-state index contributed by atoms with van der Waals surface area (Å²) in [5.74, 6) is -0.274. The van der Waals surface area contributed by atoms with Gasteiger partial charge in [0.1, 0.15) is 11.4 Å². The quantitative estimate of drug-likeness (QED) is 0.684. The van der Waals surface area contributed by atoms with Crippen LogP contribution in [0.1, 0.15) is 25.1 Å². The van der Waals surface area contributed by atoms with E-state index in [0.717, 1.165) is 11.3 Å². The first-order valence-corrected chi connectivity index (χ1v) is 8.93. The van der Waals surface area contributed by atoms with Gasteiger partial charge >= 0.3 is 0 Å². The zero-order chi connectivity index (χ0) is 19.8. The minimum Gasteiger partial charge on any atom is -0.307 e. The summed E-state index contributed by atoms with van der Waals surface area (Å²) in [6.45, 7) is 5.68. The molecule has 142 valence electrons. The fraction of sp³-hybridized carbons (Fsp3) is 0.278. The average Bonchev–Trinajstić information content (AvgIpc) is 3.16. The van der Waals surface area contributed by atoms with E-state index in [2.05, 4.69) is 15.5 Å². The van der Waals surface area contributed by atoms with E-state index in [1.165, 1.54) is 23.0 Å². The maximum atomic E-state index is 13.2. The summed E-state index contributed by atoms with van der Waals surface area (Å²) in [5.41, 5.74) is 0.602. The molecule has 1 N–H and O–H groups in total. The van der Waals surface area contributed by atoms with Crippen LogP contribution in [-0.4, -0.2) is 25.5 Å². The van der Waals surface area contributed by atoms with E-state index in [1.54, 1.807) is 36.9 Å². The fourth-order valence-corrected chi connectivity index (χ4v) is 2.89. The summed E-state index contributed by atoms with van der Waals surface area (Å²) in [6, 6.07) is 5.97. The first kappa shape index (κ1) is 19.4. The molecule has 2 heterocycles. The summed E-state index contributed by atoms with van der Waals surface area (Å²) in [4.78, 5) is 12.7. The number of hydrogen-bond acceptors (Lipinski definition) is 3. The van der Waals surface area contributed by atoms with Crippen LogP contribution in [0.4, 0.5) is 10.2 Å². The summed E-state index contributed by atoms with van der Waals surface area (Å²) in [6.07, 6.45) is 3.06. The minimum atomic E-state index is -0.953. The third-order valence-corrected chi connectivity index (χ3v) is 4.78. The van der Waals surface area contributed by atoms with Crippen LogP contribution >= 0.6 is 23.2 Å². The van der Waals surface area contributed by atoms with Gasteiger partial charge in [-0.2, -0.15) is 10.2 Å². The van der Waals surface area contributed by atoms with E-state index in [9.17, 15) is 9.18 Å². The Labute approximate surface area is 165 Å². The van der Waals surface area contributed by atoms with Gasteiger partial charge in [0.25, 0.3) is 5.91 Å². The van der Waals surface area contributed by atoms with E-state index in [0.29, 0.717) is 22.4 Å². The molecule has 0 saturated heterocycles. The van der Waals surface area contributed by atoms with Crippen LogP contribution in [-0.2, 0) is 16.9 Å². The molecule has 0 aliphatic rings. The number of anilines is 1. The molecular formula is C18H18Cl2FN5O. The molecule has 0 radical (unpaired) electrons. The highest BCUT2D eigenvalue weighted by Crippen LogP contribution is 2.22. The molecule has 0 bridgehead atoms. The molecule has 0 atom stereocenters. The van der Waals surface area contributed by atoms with Crippen molar-refractivity contribution < 1.29 is 9.18 Å². The lowest BCUT2D eigenvalue weighted by Crippen LogP contribution is -2.40. The van der Waals surface area contributed by atoms with Gasteiger partial charge in [0, 0.05) is 23.0 Å². The first-order chi connectivity index (χ1) is 12.7. The predicted octanol–water partition coefficient (Wildman–Crippen LogP) is 4.26. The Bertz CT molecular complexity index is 996. The standard InChI is InChI=1S/C18H18Cl2FN5O/c1-11-6-16(23-17(27)18(2,3)26-10-13(19)8-22-26)24-25(11)9-12-4-5-14(21)7-15(12)20/h4-8,10H,9H2,1-3H3,(H,23,24,27). The van der Waals surface area contributed by atoms with Gasteiger partial charge in [-0.25, -0.2) is 4.39 Å². The van der Waals surface area contributed by atoms with Gasteiger partial charge in [0.2, 0.25) is 0 Å². The zero-order valence-electron chi connectivity index (χ0n) is 15.0. The van der Waals surface area contributed by atoms with Crippen LogP contribution in [0.3, 0.4) is 0 Å². The molecule has 1 aromatic carbocycles. The number of benzene rings is 1. The maximum absolute atomic E-state index is 13.2.